The van der Waals surface area contributed by atoms with Crippen molar-refractivity contribution in [3.8, 4) is 0 Å². The van der Waals surface area contributed by atoms with E-state index in [9.17, 15) is 4.79 Å². The summed E-state index contributed by atoms with van der Waals surface area (Å²) in [6, 6.07) is 6.34. The van der Waals surface area contributed by atoms with Crippen molar-refractivity contribution in [2.24, 2.45) is 0 Å². The van der Waals surface area contributed by atoms with E-state index in [1.165, 1.54) is 24.8 Å². The van der Waals surface area contributed by atoms with Crippen LogP contribution in [0.25, 0.3) is 0 Å². The fraction of sp³-hybridized carbons (Fsp3) is 0.562. The van der Waals surface area contributed by atoms with Crippen molar-refractivity contribution in [2.75, 3.05) is 0 Å². The number of rotatable bonds is 2. The summed E-state index contributed by atoms with van der Waals surface area (Å²) >= 11 is 6.05. The molecule has 0 spiro atoms. The van der Waals surface area contributed by atoms with E-state index in [-0.39, 0.29) is 11.8 Å². The largest absolute Gasteiger partial charge is 0.353 e. The topological polar surface area (TPSA) is 29.1 Å². The summed E-state index contributed by atoms with van der Waals surface area (Å²) in [6.45, 7) is 0. The lowest BCUT2D eigenvalue weighted by atomic mass is 9.94. The third kappa shape index (κ3) is 2.79. The molecule has 3 rings (SSSR count). The molecule has 0 radical (unpaired) electrons. The number of hydrogen-bond donors (Lipinski definition) is 1. The molecule has 1 aromatic rings. The normalized spacial score (nSPS) is 23.1. The van der Waals surface area contributed by atoms with Gasteiger partial charge in [0.05, 0.1) is 5.92 Å². The molecule has 1 atom stereocenters. The van der Waals surface area contributed by atoms with Gasteiger partial charge in [0.15, 0.2) is 0 Å². The fourth-order valence-electron chi connectivity index (χ4n) is 3.39. The minimum Gasteiger partial charge on any atom is -0.353 e. The van der Waals surface area contributed by atoms with E-state index in [4.69, 9.17) is 11.6 Å². The van der Waals surface area contributed by atoms with E-state index in [1.807, 2.05) is 12.1 Å². The van der Waals surface area contributed by atoms with Crippen LogP contribution in [0.3, 0.4) is 0 Å². The monoisotopic (exact) mass is 277 g/mol. The number of nitrogens with one attached hydrogen (secondary N) is 1. The van der Waals surface area contributed by atoms with Crippen LogP contribution < -0.4 is 5.32 Å². The van der Waals surface area contributed by atoms with E-state index < -0.39 is 0 Å². The van der Waals surface area contributed by atoms with Crippen LogP contribution in [-0.2, 0) is 11.2 Å². The van der Waals surface area contributed by atoms with Gasteiger partial charge in [0.25, 0.3) is 0 Å². The Hall–Kier alpha value is -1.02. The minimum atomic E-state index is 0.00984. The van der Waals surface area contributed by atoms with Gasteiger partial charge in [-0.3, -0.25) is 4.79 Å². The van der Waals surface area contributed by atoms with Gasteiger partial charge in [0, 0.05) is 11.1 Å². The van der Waals surface area contributed by atoms with Crippen LogP contribution in [0.5, 0.6) is 0 Å². The van der Waals surface area contributed by atoms with Gasteiger partial charge in [0.2, 0.25) is 5.91 Å². The number of carbonyl (C=O) groups excluding carboxylic acids is 1. The molecule has 1 fully saturated rings. The molecule has 19 heavy (non-hydrogen) atoms. The van der Waals surface area contributed by atoms with Crippen molar-refractivity contribution in [1.29, 1.82) is 0 Å². The van der Waals surface area contributed by atoms with E-state index in [1.54, 1.807) is 0 Å². The Balaban J connectivity index is 1.70. The van der Waals surface area contributed by atoms with Gasteiger partial charge in [-0.25, -0.2) is 0 Å². The Kier molecular flexibility index (Phi) is 3.79. The number of hydrogen-bond acceptors (Lipinski definition) is 1. The van der Waals surface area contributed by atoms with Crippen LogP contribution in [0.15, 0.2) is 18.2 Å². The van der Waals surface area contributed by atoms with Crippen LogP contribution in [-0.4, -0.2) is 11.9 Å². The second kappa shape index (κ2) is 5.54. The zero-order chi connectivity index (χ0) is 13.2. The third-order valence-corrected chi connectivity index (χ3v) is 4.69. The Morgan fingerprint density at radius 3 is 2.74 bits per heavy atom. The SMILES string of the molecule is O=C(NC1CCCCC1)C1CCc2ccc(Cl)cc21. The number of amides is 1. The number of benzene rings is 1. The lowest BCUT2D eigenvalue weighted by Gasteiger charge is -2.24. The summed E-state index contributed by atoms with van der Waals surface area (Å²) in [5, 5.41) is 3.97. The molecular formula is C16H20ClNO. The summed E-state index contributed by atoms with van der Waals surface area (Å²) in [5.41, 5.74) is 2.43. The zero-order valence-electron chi connectivity index (χ0n) is 11.1. The zero-order valence-corrected chi connectivity index (χ0v) is 11.9. The van der Waals surface area contributed by atoms with Crippen molar-refractivity contribution < 1.29 is 4.79 Å². The third-order valence-electron chi connectivity index (χ3n) is 4.45. The Morgan fingerprint density at radius 1 is 1.16 bits per heavy atom. The number of aryl methyl sites for hydroxylation is 1. The molecule has 1 N–H and O–H groups in total. The highest BCUT2D eigenvalue weighted by Crippen LogP contribution is 2.35. The maximum Gasteiger partial charge on any atom is 0.227 e. The Labute approximate surface area is 119 Å². The molecule has 2 aliphatic carbocycles. The molecule has 1 amide bonds. The van der Waals surface area contributed by atoms with Gasteiger partial charge in [0.1, 0.15) is 0 Å². The maximum absolute atomic E-state index is 12.4. The second-order valence-electron chi connectivity index (χ2n) is 5.78. The summed E-state index contributed by atoms with van der Waals surface area (Å²) in [5.74, 6) is 0.212. The summed E-state index contributed by atoms with van der Waals surface area (Å²) in [6.07, 6.45) is 8.01. The quantitative estimate of drug-likeness (QED) is 0.875. The molecule has 1 unspecified atom stereocenters. The lowest BCUT2D eigenvalue weighted by molar-refractivity contribution is -0.123. The minimum absolute atomic E-state index is 0.00984. The molecule has 1 aromatic carbocycles. The van der Waals surface area contributed by atoms with Crippen LogP contribution >= 0.6 is 11.6 Å². The molecule has 102 valence electrons. The number of fused-ring (bicyclic) bond motifs is 1. The second-order valence-corrected chi connectivity index (χ2v) is 6.21. The Bertz CT molecular complexity index is 480. The maximum atomic E-state index is 12.4. The van der Waals surface area contributed by atoms with E-state index in [0.717, 1.165) is 36.3 Å². The lowest BCUT2D eigenvalue weighted by Crippen LogP contribution is -2.38. The molecule has 2 aliphatic rings. The fourth-order valence-corrected chi connectivity index (χ4v) is 3.57. The molecule has 0 saturated heterocycles. The standard InChI is InChI=1S/C16H20ClNO/c17-12-8-6-11-7-9-14(15(11)10-12)16(19)18-13-4-2-1-3-5-13/h6,8,10,13-14H,1-5,7,9H2,(H,18,19). The van der Waals surface area contributed by atoms with Crippen LogP contribution in [0.2, 0.25) is 5.02 Å². The predicted octanol–water partition coefficient (Wildman–Crippen LogP) is 3.82. The van der Waals surface area contributed by atoms with Crippen molar-refractivity contribution >= 4 is 17.5 Å². The Morgan fingerprint density at radius 2 is 1.95 bits per heavy atom. The highest BCUT2D eigenvalue weighted by molar-refractivity contribution is 6.30. The first-order valence-corrected chi connectivity index (χ1v) is 7.70. The van der Waals surface area contributed by atoms with Crippen molar-refractivity contribution in [3.63, 3.8) is 0 Å². The molecule has 0 bridgehead atoms. The molecule has 0 aromatic heterocycles. The summed E-state index contributed by atoms with van der Waals surface area (Å²) in [7, 11) is 0. The van der Waals surface area contributed by atoms with Crippen molar-refractivity contribution in [2.45, 2.75) is 56.9 Å². The van der Waals surface area contributed by atoms with Gasteiger partial charge >= 0.3 is 0 Å². The highest BCUT2D eigenvalue weighted by Gasteiger charge is 2.30. The van der Waals surface area contributed by atoms with Crippen molar-refractivity contribution in [3.05, 3.63) is 34.3 Å². The van der Waals surface area contributed by atoms with Gasteiger partial charge in [-0.2, -0.15) is 0 Å². The molecule has 0 aliphatic heterocycles. The van der Waals surface area contributed by atoms with Crippen LogP contribution in [0.1, 0.15) is 55.6 Å². The smallest absolute Gasteiger partial charge is 0.227 e. The van der Waals surface area contributed by atoms with Gasteiger partial charge in [-0.05, 0) is 48.9 Å². The highest BCUT2D eigenvalue weighted by atomic mass is 35.5. The van der Waals surface area contributed by atoms with E-state index >= 15 is 0 Å². The van der Waals surface area contributed by atoms with E-state index in [2.05, 4.69) is 11.4 Å². The average molecular weight is 278 g/mol. The summed E-state index contributed by atoms with van der Waals surface area (Å²) < 4.78 is 0. The van der Waals surface area contributed by atoms with Crippen LogP contribution in [0, 0.1) is 0 Å². The van der Waals surface area contributed by atoms with Crippen molar-refractivity contribution in [1.82, 2.24) is 5.32 Å². The van der Waals surface area contributed by atoms with E-state index in [0.29, 0.717) is 6.04 Å². The predicted molar refractivity (Wildman–Crippen MR) is 77.5 cm³/mol. The molecule has 2 nitrogen and oxygen atoms in total. The molecule has 3 heteroatoms. The first-order valence-electron chi connectivity index (χ1n) is 7.33. The van der Waals surface area contributed by atoms with Gasteiger partial charge in [-0.15, -0.1) is 0 Å². The first kappa shape index (κ1) is 13.0. The average Bonchev–Trinajstić information content (AvgIpc) is 2.82. The van der Waals surface area contributed by atoms with Gasteiger partial charge in [-0.1, -0.05) is 36.9 Å². The number of carbonyl (C=O) groups is 1. The number of halogens is 1. The van der Waals surface area contributed by atoms with Gasteiger partial charge < -0.3 is 5.32 Å². The van der Waals surface area contributed by atoms with Crippen LogP contribution in [0.4, 0.5) is 0 Å². The molecule has 0 heterocycles. The first-order chi connectivity index (χ1) is 9.24. The summed E-state index contributed by atoms with van der Waals surface area (Å²) in [4.78, 5) is 12.4. The molecular weight excluding hydrogens is 258 g/mol. The molecule has 1 saturated carbocycles.